The van der Waals surface area contributed by atoms with Crippen LogP contribution in [0, 0.1) is 0 Å². The van der Waals surface area contributed by atoms with Crippen LogP contribution in [-0.4, -0.2) is 46.0 Å². The van der Waals surface area contributed by atoms with Crippen molar-refractivity contribution < 1.29 is 18.7 Å². The maximum Gasteiger partial charge on any atom is 0.282 e. The number of rotatable bonds is 7. The first-order valence-corrected chi connectivity index (χ1v) is 9.15. The summed E-state index contributed by atoms with van der Waals surface area (Å²) < 4.78 is 22.8. The summed E-state index contributed by atoms with van der Waals surface area (Å²) in [5.74, 6) is 2.77. The molecule has 0 amide bonds. The summed E-state index contributed by atoms with van der Waals surface area (Å²) in [5.41, 5.74) is 7.94. The molecule has 2 heterocycles. The molecule has 0 radical (unpaired) electrons. The summed E-state index contributed by atoms with van der Waals surface area (Å²) in [6.07, 6.45) is 0. The van der Waals surface area contributed by atoms with E-state index in [0.29, 0.717) is 29.6 Å². The van der Waals surface area contributed by atoms with Gasteiger partial charge in [0.05, 0.1) is 26.5 Å². The Hall–Kier alpha value is -4.08. The summed E-state index contributed by atoms with van der Waals surface area (Å²) in [6, 6.07) is 12.7. The fourth-order valence-electron chi connectivity index (χ4n) is 2.85. The quantitative estimate of drug-likeness (QED) is 0.491. The largest absolute Gasteiger partial charge is 0.497 e. The Kier molecular flexibility index (Phi) is 5.21. The second-order valence-electron chi connectivity index (χ2n) is 6.19. The van der Waals surface area contributed by atoms with Crippen molar-refractivity contribution in [1.29, 1.82) is 0 Å². The van der Waals surface area contributed by atoms with E-state index >= 15 is 0 Å². The predicted molar refractivity (Wildman–Crippen MR) is 109 cm³/mol. The summed E-state index contributed by atoms with van der Waals surface area (Å²) in [6.45, 7) is 2.53. The number of nitrogens with two attached hydrogens (primary N) is 1. The highest BCUT2D eigenvalue weighted by molar-refractivity contribution is 5.67. The Morgan fingerprint density at radius 2 is 1.70 bits per heavy atom. The first-order valence-electron chi connectivity index (χ1n) is 9.15. The second-order valence-corrected chi connectivity index (χ2v) is 6.19. The average Bonchev–Trinajstić information content (AvgIpc) is 3.41. The van der Waals surface area contributed by atoms with Crippen molar-refractivity contribution in [2.24, 2.45) is 0 Å². The van der Waals surface area contributed by atoms with Gasteiger partial charge in [-0.1, -0.05) is 10.4 Å². The SMILES string of the molecule is CCOc1ccc(-c2noc(-c3nnn(-c4cc(OC)cc(OC)c4)c3N)n2)cc1. The number of ether oxygens (including phenoxy) is 3. The summed E-state index contributed by atoms with van der Waals surface area (Å²) in [4.78, 5) is 4.40. The van der Waals surface area contributed by atoms with Crippen molar-refractivity contribution in [3.8, 4) is 45.9 Å². The van der Waals surface area contributed by atoms with Crippen LogP contribution in [0.4, 0.5) is 5.82 Å². The zero-order chi connectivity index (χ0) is 21.1. The van der Waals surface area contributed by atoms with E-state index in [4.69, 9.17) is 24.5 Å². The molecule has 0 saturated heterocycles. The van der Waals surface area contributed by atoms with E-state index < -0.39 is 0 Å². The molecular formula is C20H20N6O4. The van der Waals surface area contributed by atoms with E-state index in [9.17, 15) is 0 Å². The summed E-state index contributed by atoms with van der Waals surface area (Å²) >= 11 is 0. The Labute approximate surface area is 172 Å². The fraction of sp³-hybridized carbons (Fsp3) is 0.200. The van der Waals surface area contributed by atoms with Gasteiger partial charge in [0.2, 0.25) is 5.82 Å². The van der Waals surface area contributed by atoms with E-state index in [1.54, 1.807) is 32.4 Å². The highest BCUT2D eigenvalue weighted by Gasteiger charge is 2.20. The zero-order valence-corrected chi connectivity index (χ0v) is 16.7. The molecule has 0 unspecified atom stereocenters. The third kappa shape index (κ3) is 3.62. The Bertz CT molecular complexity index is 1130. The molecule has 30 heavy (non-hydrogen) atoms. The molecule has 4 rings (SSSR count). The lowest BCUT2D eigenvalue weighted by Gasteiger charge is -2.08. The molecule has 0 aliphatic rings. The van der Waals surface area contributed by atoms with Gasteiger partial charge in [0, 0.05) is 23.8 Å². The van der Waals surface area contributed by atoms with E-state index in [1.807, 2.05) is 31.2 Å². The number of anilines is 1. The number of nitrogens with zero attached hydrogens (tertiary/aromatic N) is 5. The van der Waals surface area contributed by atoms with Crippen molar-refractivity contribution in [2.45, 2.75) is 6.92 Å². The first-order chi connectivity index (χ1) is 14.6. The molecular weight excluding hydrogens is 388 g/mol. The molecule has 0 fully saturated rings. The normalized spacial score (nSPS) is 10.8. The van der Waals surface area contributed by atoms with Gasteiger partial charge in [0.1, 0.15) is 17.2 Å². The molecule has 0 bridgehead atoms. The smallest absolute Gasteiger partial charge is 0.282 e. The number of aromatic nitrogens is 5. The maximum atomic E-state index is 6.26. The molecule has 0 aliphatic carbocycles. The number of benzene rings is 2. The molecule has 0 atom stereocenters. The predicted octanol–water partition coefficient (Wildman–Crippen LogP) is 2.98. The number of methoxy groups -OCH3 is 2. The van der Waals surface area contributed by atoms with Gasteiger partial charge in [-0.25, -0.2) is 0 Å². The van der Waals surface area contributed by atoms with Crippen LogP contribution in [-0.2, 0) is 0 Å². The van der Waals surface area contributed by atoms with Gasteiger partial charge in [-0.3, -0.25) is 0 Å². The van der Waals surface area contributed by atoms with Crippen molar-refractivity contribution in [1.82, 2.24) is 25.1 Å². The van der Waals surface area contributed by atoms with E-state index in [-0.39, 0.29) is 17.4 Å². The molecule has 10 nitrogen and oxygen atoms in total. The number of nitrogen functional groups attached to an aromatic ring is 1. The molecule has 154 valence electrons. The van der Waals surface area contributed by atoms with Gasteiger partial charge in [0.25, 0.3) is 5.89 Å². The maximum absolute atomic E-state index is 6.26. The third-order valence-electron chi connectivity index (χ3n) is 4.34. The number of hydrogen-bond donors (Lipinski definition) is 1. The van der Waals surface area contributed by atoms with E-state index in [1.165, 1.54) is 4.68 Å². The van der Waals surface area contributed by atoms with Gasteiger partial charge in [0.15, 0.2) is 11.5 Å². The molecule has 2 aromatic carbocycles. The van der Waals surface area contributed by atoms with Gasteiger partial charge in [-0.2, -0.15) is 9.67 Å². The first kappa shape index (κ1) is 19.2. The van der Waals surface area contributed by atoms with Crippen LogP contribution in [0.15, 0.2) is 47.0 Å². The van der Waals surface area contributed by atoms with E-state index in [0.717, 1.165) is 11.3 Å². The van der Waals surface area contributed by atoms with Crippen LogP contribution < -0.4 is 19.9 Å². The summed E-state index contributed by atoms with van der Waals surface area (Å²) in [5, 5.41) is 12.2. The Morgan fingerprint density at radius 3 is 2.33 bits per heavy atom. The monoisotopic (exact) mass is 408 g/mol. The molecule has 2 N–H and O–H groups in total. The van der Waals surface area contributed by atoms with Crippen LogP contribution >= 0.6 is 0 Å². The molecule has 0 spiro atoms. The van der Waals surface area contributed by atoms with Crippen molar-refractivity contribution in [3.63, 3.8) is 0 Å². The van der Waals surface area contributed by atoms with Gasteiger partial charge in [-0.05, 0) is 31.2 Å². The van der Waals surface area contributed by atoms with Crippen LogP contribution in [0.1, 0.15) is 6.92 Å². The molecule has 0 saturated carbocycles. The van der Waals surface area contributed by atoms with Crippen LogP contribution in [0.2, 0.25) is 0 Å². The van der Waals surface area contributed by atoms with Crippen molar-refractivity contribution in [3.05, 3.63) is 42.5 Å². The molecule has 2 aromatic heterocycles. The van der Waals surface area contributed by atoms with Gasteiger partial charge < -0.3 is 24.5 Å². The minimum atomic E-state index is 0.164. The van der Waals surface area contributed by atoms with E-state index in [2.05, 4.69) is 20.5 Å². The number of hydrogen-bond acceptors (Lipinski definition) is 9. The highest BCUT2D eigenvalue weighted by Crippen LogP contribution is 2.30. The van der Waals surface area contributed by atoms with Gasteiger partial charge in [-0.15, -0.1) is 5.10 Å². The highest BCUT2D eigenvalue weighted by atomic mass is 16.5. The molecule has 4 aromatic rings. The lowest BCUT2D eigenvalue weighted by Crippen LogP contribution is -2.03. The average molecular weight is 408 g/mol. The lowest BCUT2D eigenvalue weighted by atomic mass is 10.2. The lowest BCUT2D eigenvalue weighted by molar-refractivity contribution is 0.340. The molecule has 0 aliphatic heterocycles. The van der Waals surface area contributed by atoms with Crippen LogP contribution in [0.3, 0.4) is 0 Å². The minimum Gasteiger partial charge on any atom is -0.497 e. The third-order valence-corrected chi connectivity index (χ3v) is 4.34. The Balaban J connectivity index is 1.65. The Morgan fingerprint density at radius 1 is 1.00 bits per heavy atom. The fourth-order valence-corrected chi connectivity index (χ4v) is 2.85. The topological polar surface area (TPSA) is 123 Å². The zero-order valence-electron chi connectivity index (χ0n) is 16.7. The second kappa shape index (κ2) is 8.11. The van der Waals surface area contributed by atoms with Crippen LogP contribution in [0.5, 0.6) is 17.2 Å². The van der Waals surface area contributed by atoms with Crippen molar-refractivity contribution in [2.75, 3.05) is 26.6 Å². The van der Waals surface area contributed by atoms with Crippen molar-refractivity contribution >= 4 is 5.82 Å². The van der Waals surface area contributed by atoms with Gasteiger partial charge >= 0.3 is 0 Å². The summed E-state index contributed by atoms with van der Waals surface area (Å²) in [7, 11) is 3.13. The minimum absolute atomic E-state index is 0.164. The standard InChI is InChI=1S/C20H20N6O4/c1-4-29-14-7-5-12(6-8-14)19-22-20(30-24-19)17-18(21)26(25-23-17)13-9-15(27-2)11-16(10-13)28-3/h5-11H,4,21H2,1-3H3. The molecule has 10 heteroatoms. The van der Waals surface area contributed by atoms with Crippen LogP contribution in [0.25, 0.3) is 28.7 Å².